The second-order valence-electron chi connectivity index (χ2n) is 5.41. The Morgan fingerprint density at radius 3 is 2.25 bits per heavy atom. The molecule has 0 aliphatic carbocycles. The van der Waals surface area contributed by atoms with Gasteiger partial charge in [0.25, 0.3) is 0 Å². The Kier molecular flexibility index (Phi) is 8.26. The van der Waals surface area contributed by atoms with Gasteiger partial charge < -0.3 is 9.47 Å². The molecule has 0 atom stereocenters. The Bertz CT molecular complexity index is 647. The Hall–Kier alpha value is -2.62. The van der Waals surface area contributed by atoms with Crippen LogP contribution in [0.15, 0.2) is 65.3 Å². The molecule has 128 valence electrons. The normalized spacial score (nSPS) is 11.2. The molecule has 0 heterocycles. The molecule has 1 rings (SSSR count). The highest BCUT2D eigenvalue weighted by Gasteiger charge is 2.16. The average molecular weight is 328 g/mol. The molecule has 0 saturated heterocycles. The third-order valence-corrected chi connectivity index (χ3v) is 3.42. The van der Waals surface area contributed by atoms with Gasteiger partial charge in [-0.25, -0.2) is 9.59 Å². The molecule has 0 bridgehead atoms. The third kappa shape index (κ3) is 6.24. The van der Waals surface area contributed by atoms with E-state index in [2.05, 4.69) is 16.9 Å². The van der Waals surface area contributed by atoms with Crippen LogP contribution in [0.2, 0.25) is 0 Å². The number of methoxy groups -OCH3 is 2. The predicted molar refractivity (Wildman–Crippen MR) is 94.4 cm³/mol. The number of ether oxygens (including phenoxy) is 2. The van der Waals surface area contributed by atoms with E-state index in [4.69, 9.17) is 4.74 Å². The molecule has 0 saturated carbocycles. The van der Waals surface area contributed by atoms with Crippen molar-refractivity contribution >= 4 is 11.9 Å². The van der Waals surface area contributed by atoms with Gasteiger partial charge in [-0.2, -0.15) is 0 Å². The van der Waals surface area contributed by atoms with Crippen molar-refractivity contribution in [3.05, 3.63) is 70.8 Å². The quantitative estimate of drug-likeness (QED) is 0.434. The number of allylic oxidation sites excluding steroid dienone is 3. The molecule has 1 aromatic rings. The topological polar surface area (TPSA) is 52.6 Å². The molecule has 0 amide bonds. The summed E-state index contributed by atoms with van der Waals surface area (Å²) in [6.45, 7) is 3.76. The second-order valence-corrected chi connectivity index (χ2v) is 5.41. The van der Waals surface area contributed by atoms with E-state index in [1.807, 2.05) is 44.2 Å². The first-order valence-corrected chi connectivity index (χ1v) is 7.75. The number of aryl methyl sites for hydroxylation is 1. The zero-order chi connectivity index (χ0) is 17.9. The number of rotatable bonds is 7. The molecule has 24 heavy (non-hydrogen) atoms. The number of hydrogen-bond donors (Lipinski definition) is 0. The molecular formula is C20H24O4. The molecule has 4 heteroatoms. The summed E-state index contributed by atoms with van der Waals surface area (Å²) in [5, 5.41) is 0. The van der Waals surface area contributed by atoms with Crippen molar-refractivity contribution in [2.45, 2.75) is 26.7 Å². The van der Waals surface area contributed by atoms with Gasteiger partial charge in [-0.3, -0.25) is 0 Å². The van der Waals surface area contributed by atoms with Crippen LogP contribution in [-0.2, 0) is 25.5 Å². The summed E-state index contributed by atoms with van der Waals surface area (Å²) in [6, 6.07) is 10.2. The van der Waals surface area contributed by atoms with Crippen LogP contribution in [0.25, 0.3) is 0 Å². The molecule has 0 spiro atoms. The third-order valence-electron chi connectivity index (χ3n) is 3.42. The molecule has 0 radical (unpaired) electrons. The fourth-order valence-electron chi connectivity index (χ4n) is 2.16. The van der Waals surface area contributed by atoms with Crippen molar-refractivity contribution < 1.29 is 19.1 Å². The van der Waals surface area contributed by atoms with Crippen molar-refractivity contribution in [2.24, 2.45) is 0 Å². The number of benzene rings is 1. The van der Waals surface area contributed by atoms with Crippen LogP contribution >= 0.6 is 0 Å². The van der Waals surface area contributed by atoms with Crippen molar-refractivity contribution in [1.82, 2.24) is 0 Å². The monoisotopic (exact) mass is 328 g/mol. The molecule has 0 aliphatic heterocycles. The number of hydrogen-bond acceptors (Lipinski definition) is 4. The summed E-state index contributed by atoms with van der Waals surface area (Å²) in [4.78, 5) is 23.5. The van der Waals surface area contributed by atoms with Crippen molar-refractivity contribution in [3.8, 4) is 0 Å². The minimum absolute atomic E-state index is 0.195. The maximum Gasteiger partial charge on any atom is 0.338 e. The van der Waals surface area contributed by atoms with Gasteiger partial charge in [0.2, 0.25) is 0 Å². The number of esters is 2. The first kappa shape index (κ1) is 19.4. The Labute approximate surface area is 143 Å². The van der Waals surface area contributed by atoms with E-state index < -0.39 is 11.9 Å². The van der Waals surface area contributed by atoms with E-state index in [0.29, 0.717) is 5.57 Å². The number of carbonyl (C=O) groups is 2. The van der Waals surface area contributed by atoms with E-state index in [1.54, 1.807) is 0 Å². The Morgan fingerprint density at radius 2 is 1.71 bits per heavy atom. The lowest BCUT2D eigenvalue weighted by Crippen LogP contribution is -2.10. The molecule has 0 fully saturated rings. The van der Waals surface area contributed by atoms with Crippen molar-refractivity contribution in [1.29, 1.82) is 0 Å². The van der Waals surface area contributed by atoms with Gasteiger partial charge in [-0.15, -0.1) is 0 Å². The van der Waals surface area contributed by atoms with Crippen LogP contribution in [-0.4, -0.2) is 26.2 Å². The summed E-state index contributed by atoms with van der Waals surface area (Å²) in [5.74, 6) is -1.16. The fourth-order valence-corrected chi connectivity index (χ4v) is 2.16. The molecule has 0 unspecified atom stereocenters. The molecular weight excluding hydrogens is 304 g/mol. The van der Waals surface area contributed by atoms with E-state index in [-0.39, 0.29) is 5.57 Å². The molecule has 0 aromatic heterocycles. The lowest BCUT2D eigenvalue weighted by Gasteiger charge is -2.09. The summed E-state index contributed by atoms with van der Waals surface area (Å²) >= 11 is 0. The smallest absolute Gasteiger partial charge is 0.338 e. The van der Waals surface area contributed by atoms with Crippen LogP contribution < -0.4 is 0 Å². The van der Waals surface area contributed by atoms with Gasteiger partial charge >= 0.3 is 11.9 Å². The van der Waals surface area contributed by atoms with Gasteiger partial charge in [0.1, 0.15) is 0 Å². The highest BCUT2D eigenvalue weighted by atomic mass is 16.5. The summed E-state index contributed by atoms with van der Waals surface area (Å²) in [6.07, 6.45) is 6.73. The van der Waals surface area contributed by atoms with Crippen LogP contribution in [0.5, 0.6) is 0 Å². The van der Waals surface area contributed by atoms with Crippen molar-refractivity contribution in [3.63, 3.8) is 0 Å². The standard InChI is InChI=1S/C20H24O4/c1-15(2)17(18(20(22)24-4)14-19(21)23-3)13-9-8-12-16-10-6-5-7-11-16/h5-7,9-11,13-14H,8,12H2,1-4H3/b13-9+,18-14-. The minimum Gasteiger partial charge on any atom is -0.466 e. The first-order valence-electron chi connectivity index (χ1n) is 7.75. The lowest BCUT2D eigenvalue weighted by atomic mass is 9.99. The van der Waals surface area contributed by atoms with Gasteiger partial charge in [0.15, 0.2) is 0 Å². The second kappa shape index (κ2) is 10.2. The number of carbonyl (C=O) groups excluding carboxylic acids is 2. The lowest BCUT2D eigenvalue weighted by molar-refractivity contribution is -0.138. The fraction of sp³-hybridized carbons (Fsp3) is 0.300. The Morgan fingerprint density at radius 1 is 1.04 bits per heavy atom. The van der Waals surface area contributed by atoms with Gasteiger partial charge in [-0.1, -0.05) is 48.1 Å². The summed E-state index contributed by atoms with van der Waals surface area (Å²) < 4.78 is 9.40. The zero-order valence-corrected chi connectivity index (χ0v) is 14.7. The highest BCUT2D eigenvalue weighted by Crippen LogP contribution is 2.19. The van der Waals surface area contributed by atoms with E-state index in [1.165, 1.54) is 19.8 Å². The molecule has 1 aromatic carbocycles. The van der Waals surface area contributed by atoms with Crippen LogP contribution in [0.4, 0.5) is 0 Å². The first-order chi connectivity index (χ1) is 11.5. The van der Waals surface area contributed by atoms with E-state index in [9.17, 15) is 9.59 Å². The van der Waals surface area contributed by atoms with Crippen LogP contribution in [0, 0.1) is 0 Å². The van der Waals surface area contributed by atoms with Gasteiger partial charge in [-0.05, 0) is 37.8 Å². The van der Waals surface area contributed by atoms with E-state index in [0.717, 1.165) is 24.5 Å². The average Bonchev–Trinajstić information content (AvgIpc) is 2.59. The minimum atomic E-state index is -0.591. The van der Waals surface area contributed by atoms with Gasteiger partial charge in [0.05, 0.1) is 19.8 Å². The molecule has 0 aliphatic rings. The van der Waals surface area contributed by atoms with Gasteiger partial charge in [0, 0.05) is 6.08 Å². The maximum absolute atomic E-state index is 12.0. The zero-order valence-electron chi connectivity index (χ0n) is 14.7. The van der Waals surface area contributed by atoms with Crippen LogP contribution in [0.3, 0.4) is 0 Å². The van der Waals surface area contributed by atoms with E-state index >= 15 is 0 Å². The summed E-state index contributed by atoms with van der Waals surface area (Å²) in [5.41, 5.74) is 3.02. The Balaban J connectivity index is 2.93. The molecule has 0 N–H and O–H groups in total. The summed E-state index contributed by atoms with van der Waals surface area (Å²) in [7, 11) is 2.56. The SMILES string of the molecule is COC(=O)/C=C(\C(=O)OC)C(/C=C/CCc1ccccc1)=C(C)C. The largest absolute Gasteiger partial charge is 0.466 e. The maximum atomic E-state index is 12.0. The highest BCUT2D eigenvalue weighted by molar-refractivity contribution is 6.00. The predicted octanol–water partition coefficient (Wildman–Crippen LogP) is 3.78. The molecule has 4 nitrogen and oxygen atoms in total. The van der Waals surface area contributed by atoms with Crippen LogP contribution in [0.1, 0.15) is 25.8 Å². The van der Waals surface area contributed by atoms with Crippen molar-refractivity contribution in [2.75, 3.05) is 14.2 Å².